The van der Waals surface area contributed by atoms with E-state index in [1.807, 2.05) is 10.8 Å². The number of hydrogen-bond acceptors (Lipinski definition) is 7. The van der Waals surface area contributed by atoms with Crippen LogP contribution >= 0.6 is 11.8 Å². The van der Waals surface area contributed by atoms with E-state index in [9.17, 15) is 31.2 Å². The highest BCUT2D eigenvalue weighted by Crippen LogP contribution is 2.29. The van der Waals surface area contributed by atoms with Crippen molar-refractivity contribution in [1.82, 2.24) is 10.6 Å². The number of ether oxygens (including phenoxy) is 1. The van der Waals surface area contributed by atoms with Crippen molar-refractivity contribution >= 4 is 44.8 Å². The van der Waals surface area contributed by atoms with Gasteiger partial charge in [0.2, 0.25) is 5.91 Å². The molecule has 2 aromatic rings. The SMILES string of the molecule is COC(=O)N[C@@H](Cc1ccccc1)C(=O)N[C@@H](Cc1ccc(NS(=O)(=O)O)cc1)C1=NC(CCC(F)(F)F)CS1. The van der Waals surface area contributed by atoms with Crippen molar-refractivity contribution in [3.8, 4) is 0 Å². The summed E-state index contributed by atoms with van der Waals surface area (Å²) in [5.74, 6) is -0.228. The van der Waals surface area contributed by atoms with E-state index in [1.54, 1.807) is 36.4 Å². The Hall–Kier alpha value is -3.30. The average Bonchev–Trinajstić information content (AvgIpc) is 3.36. The van der Waals surface area contributed by atoms with Crippen LogP contribution in [0.2, 0.25) is 0 Å². The Morgan fingerprint density at radius 1 is 1.07 bits per heavy atom. The standard InChI is InChI=1S/C25H29F3N4O6S2/c1-38-24(34)31-20(13-16-5-3-2-4-6-16)22(33)30-21(23-29-19(15-39-23)11-12-25(26,27)28)14-17-7-9-18(10-8-17)32-40(35,36)37/h2-10,19-21,32H,11-15H2,1H3,(H,30,33)(H,31,34)(H,35,36,37)/t19?,20-,21-/m0/s1. The fourth-order valence-electron chi connectivity index (χ4n) is 3.93. The average molecular weight is 603 g/mol. The molecule has 4 N–H and O–H groups in total. The third-order valence-corrected chi connectivity index (χ3v) is 7.56. The lowest BCUT2D eigenvalue weighted by Gasteiger charge is -2.23. The van der Waals surface area contributed by atoms with Gasteiger partial charge in [-0.05, 0) is 36.1 Å². The van der Waals surface area contributed by atoms with Crippen LogP contribution in [0.15, 0.2) is 59.6 Å². The Bertz CT molecular complexity index is 1290. The number of aliphatic imine (C=N–C) groups is 1. The highest BCUT2D eigenvalue weighted by Gasteiger charge is 2.33. The first-order chi connectivity index (χ1) is 18.8. The van der Waals surface area contributed by atoms with Crippen LogP contribution in [0.5, 0.6) is 0 Å². The molecule has 0 fully saturated rings. The second-order valence-corrected chi connectivity index (χ2v) is 11.2. The number of benzene rings is 2. The fraction of sp³-hybridized carbons (Fsp3) is 0.400. The number of alkyl carbamates (subject to hydrolysis) is 1. The van der Waals surface area contributed by atoms with Gasteiger partial charge in [0.15, 0.2) is 0 Å². The molecule has 0 aliphatic carbocycles. The van der Waals surface area contributed by atoms with Gasteiger partial charge >= 0.3 is 22.6 Å². The number of carbonyl (C=O) groups is 2. The maximum Gasteiger partial charge on any atom is 0.407 e. The molecule has 0 bridgehead atoms. The molecule has 1 aliphatic rings. The number of amides is 2. The van der Waals surface area contributed by atoms with E-state index >= 15 is 0 Å². The van der Waals surface area contributed by atoms with Gasteiger partial charge in [0.25, 0.3) is 0 Å². The van der Waals surface area contributed by atoms with Gasteiger partial charge in [-0.25, -0.2) is 4.79 Å². The lowest BCUT2D eigenvalue weighted by atomic mass is 10.0. The summed E-state index contributed by atoms with van der Waals surface area (Å²) in [7, 11) is -3.30. The molecule has 1 aliphatic heterocycles. The van der Waals surface area contributed by atoms with Crippen LogP contribution in [-0.2, 0) is 32.7 Å². The minimum Gasteiger partial charge on any atom is -0.453 e. The minimum absolute atomic E-state index is 0.108. The molecule has 3 atom stereocenters. The molecular formula is C25H29F3N4O6S2. The first kappa shape index (κ1) is 31.2. The van der Waals surface area contributed by atoms with Gasteiger partial charge in [0.05, 0.1) is 29.9 Å². The third kappa shape index (κ3) is 10.7. The molecule has 1 unspecified atom stereocenters. The van der Waals surface area contributed by atoms with Crippen molar-refractivity contribution in [3.63, 3.8) is 0 Å². The van der Waals surface area contributed by atoms with Gasteiger partial charge in [-0.15, -0.1) is 11.8 Å². The number of rotatable bonds is 12. The van der Waals surface area contributed by atoms with Gasteiger partial charge in [0.1, 0.15) is 6.04 Å². The second-order valence-electron chi connectivity index (χ2n) is 9.00. The van der Waals surface area contributed by atoms with Crippen molar-refractivity contribution in [2.45, 2.75) is 50.0 Å². The maximum atomic E-state index is 13.4. The van der Waals surface area contributed by atoms with Crippen LogP contribution in [0.4, 0.5) is 23.7 Å². The van der Waals surface area contributed by atoms with Crippen molar-refractivity contribution in [3.05, 3.63) is 65.7 Å². The van der Waals surface area contributed by atoms with E-state index in [1.165, 1.54) is 31.0 Å². The molecule has 0 saturated heterocycles. The Morgan fingerprint density at radius 3 is 2.33 bits per heavy atom. The van der Waals surface area contributed by atoms with Gasteiger partial charge in [-0.3, -0.25) is 19.1 Å². The number of methoxy groups -OCH3 is 1. The molecule has 15 heteroatoms. The Labute approximate surface area is 234 Å². The smallest absolute Gasteiger partial charge is 0.407 e. The number of anilines is 1. The second kappa shape index (κ2) is 13.9. The lowest BCUT2D eigenvalue weighted by molar-refractivity contribution is -0.136. The highest BCUT2D eigenvalue weighted by molar-refractivity contribution is 8.14. The van der Waals surface area contributed by atoms with E-state index < -0.39 is 53.0 Å². The quantitative estimate of drug-likeness (QED) is 0.271. The molecular weight excluding hydrogens is 573 g/mol. The van der Waals surface area contributed by atoms with E-state index in [0.29, 0.717) is 16.4 Å². The van der Waals surface area contributed by atoms with Gasteiger partial charge in [-0.1, -0.05) is 42.5 Å². The summed E-state index contributed by atoms with van der Waals surface area (Å²) in [6.45, 7) is 0. The zero-order chi connectivity index (χ0) is 29.3. The normalized spacial score (nSPS) is 16.9. The summed E-state index contributed by atoms with van der Waals surface area (Å²) >= 11 is 1.25. The van der Waals surface area contributed by atoms with Crippen molar-refractivity contribution in [2.24, 2.45) is 4.99 Å². The molecule has 0 spiro atoms. The van der Waals surface area contributed by atoms with Crippen LogP contribution in [0.1, 0.15) is 24.0 Å². The predicted molar refractivity (Wildman–Crippen MR) is 146 cm³/mol. The highest BCUT2D eigenvalue weighted by atomic mass is 32.2. The topological polar surface area (TPSA) is 146 Å². The Morgan fingerprint density at radius 2 is 1.73 bits per heavy atom. The van der Waals surface area contributed by atoms with Crippen LogP contribution in [0, 0.1) is 0 Å². The predicted octanol–water partition coefficient (Wildman–Crippen LogP) is 3.75. The number of nitrogens with one attached hydrogen (secondary N) is 3. The molecule has 3 rings (SSSR count). The van der Waals surface area contributed by atoms with E-state index in [-0.39, 0.29) is 24.9 Å². The Kier molecular flexibility index (Phi) is 10.8. The number of hydrogen-bond donors (Lipinski definition) is 4. The Balaban J connectivity index is 1.82. The molecule has 40 heavy (non-hydrogen) atoms. The number of halogens is 3. The van der Waals surface area contributed by atoms with Crippen molar-refractivity contribution in [2.75, 3.05) is 17.6 Å². The number of carbonyl (C=O) groups excluding carboxylic acids is 2. The molecule has 1 heterocycles. The van der Waals surface area contributed by atoms with Crippen LogP contribution < -0.4 is 15.4 Å². The molecule has 218 valence electrons. The molecule has 0 saturated carbocycles. The van der Waals surface area contributed by atoms with Gasteiger partial charge in [-0.2, -0.15) is 21.6 Å². The fourth-order valence-corrected chi connectivity index (χ4v) is 5.54. The molecule has 2 amide bonds. The van der Waals surface area contributed by atoms with Crippen LogP contribution in [0.3, 0.4) is 0 Å². The number of nitrogens with zero attached hydrogens (tertiary/aromatic N) is 1. The maximum absolute atomic E-state index is 13.4. The lowest BCUT2D eigenvalue weighted by Crippen LogP contribution is -2.52. The summed E-state index contributed by atoms with van der Waals surface area (Å²) in [4.78, 5) is 29.8. The number of thioether (sulfide) groups is 1. The van der Waals surface area contributed by atoms with Gasteiger partial charge < -0.3 is 15.4 Å². The van der Waals surface area contributed by atoms with E-state index in [0.717, 1.165) is 5.56 Å². The van der Waals surface area contributed by atoms with E-state index in [4.69, 9.17) is 4.55 Å². The zero-order valence-corrected chi connectivity index (χ0v) is 23.0. The summed E-state index contributed by atoms with van der Waals surface area (Å²) in [6, 6.07) is 12.6. The third-order valence-electron chi connectivity index (χ3n) is 5.83. The summed E-state index contributed by atoms with van der Waals surface area (Å²) < 4.78 is 75.9. The summed E-state index contributed by atoms with van der Waals surface area (Å²) in [5.41, 5.74) is 1.53. The molecule has 0 aromatic heterocycles. The molecule has 10 nitrogen and oxygen atoms in total. The zero-order valence-electron chi connectivity index (χ0n) is 21.3. The minimum atomic E-state index is -4.47. The number of alkyl halides is 3. The first-order valence-corrected chi connectivity index (χ1v) is 14.5. The summed E-state index contributed by atoms with van der Waals surface area (Å²) in [5, 5.41) is 5.83. The van der Waals surface area contributed by atoms with Crippen molar-refractivity contribution < 1.29 is 40.5 Å². The summed E-state index contributed by atoms with van der Waals surface area (Å²) in [6.07, 6.45) is -5.95. The molecule has 2 aromatic carbocycles. The van der Waals surface area contributed by atoms with Crippen LogP contribution in [-0.4, -0.2) is 67.2 Å². The first-order valence-electron chi connectivity index (χ1n) is 12.1. The molecule has 0 radical (unpaired) electrons. The monoisotopic (exact) mass is 602 g/mol. The van der Waals surface area contributed by atoms with Crippen molar-refractivity contribution in [1.29, 1.82) is 0 Å². The van der Waals surface area contributed by atoms with Crippen LogP contribution in [0.25, 0.3) is 0 Å². The van der Waals surface area contributed by atoms with Gasteiger partial charge in [0, 0.05) is 18.6 Å². The van der Waals surface area contributed by atoms with E-state index in [2.05, 4.69) is 20.4 Å². The largest absolute Gasteiger partial charge is 0.453 e.